The molecule has 100 valence electrons. The zero-order chi connectivity index (χ0) is 14.7. The van der Waals surface area contributed by atoms with Crippen LogP contribution in [0.1, 0.15) is 38.8 Å². The number of hydrogen-bond acceptors (Lipinski definition) is 5. The zero-order valence-corrected chi connectivity index (χ0v) is 11.3. The lowest BCUT2D eigenvalue weighted by atomic mass is 9.78. The van der Waals surface area contributed by atoms with Gasteiger partial charge in [0.05, 0.1) is 11.1 Å². The minimum absolute atomic E-state index is 0.239. The molecule has 1 unspecified atom stereocenters. The molecular formula is C13H11ClO5. The van der Waals surface area contributed by atoms with Crippen LogP contribution in [0.2, 0.25) is 0 Å². The Morgan fingerprint density at radius 3 is 1.79 bits per heavy atom. The molecule has 1 aromatic carbocycles. The van der Waals surface area contributed by atoms with Gasteiger partial charge in [-0.2, -0.15) is 0 Å². The van der Waals surface area contributed by atoms with Gasteiger partial charge in [0.2, 0.25) is 11.6 Å². The Bertz CT molecular complexity index is 658. The summed E-state index contributed by atoms with van der Waals surface area (Å²) < 4.78 is 0. The molecule has 0 spiro atoms. The molecule has 0 radical (unpaired) electrons. The van der Waals surface area contributed by atoms with E-state index in [1.54, 1.807) is 0 Å². The van der Waals surface area contributed by atoms with E-state index < -0.39 is 39.3 Å². The normalized spacial score (nSPS) is 22.6. The monoisotopic (exact) mass is 282 g/mol. The van der Waals surface area contributed by atoms with E-state index in [9.17, 15) is 24.6 Å². The molecular weight excluding hydrogens is 272 g/mol. The second kappa shape index (κ2) is 3.81. The summed E-state index contributed by atoms with van der Waals surface area (Å²) in [6.07, 6.45) is 0. The molecule has 0 fully saturated rings. The Morgan fingerprint density at radius 2 is 1.32 bits per heavy atom. The average Bonchev–Trinajstić information content (AvgIpc) is 2.36. The number of carbonyl (C=O) groups excluding carboxylic acids is 3. The van der Waals surface area contributed by atoms with Crippen LogP contribution in [0.5, 0.6) is 11.5 Å². The lowest BCUT2D eigenvalue weighted by Gasteiger charge is -2.27. The van der Waals surface area contributed by atoms with Gasteiger partial charge in [-0.3, -0.25) is 14.4 Å². The number of phenols is 2. The molecule has 1 aliphatic rings. The van der Waals surface area contributed by atoms with Gasteiger partial charge in [-0.1, -0.05) is 0 Å². The third-order valence-electron chi connectivity index (χ3n) is 3.51. The molecule has 0 amide bonds. The van der Waals surface area contributed by atoms with Crippen LogP contribution < -0.4 is 0 Å². The molecule has 0 aliphatic heterocycles. The quantitative estimate of drug-likeness (QED) is 0.327. The number of hydrogen-bond donors (Lipinski definition) is 2. The van der Waals surface area contributed by atoms with Crippen LogP contribution in [0.4, 0.5) is 0 Å². The Balaban J connectivity index is 2.97. The minimum atomic E-state index is -2.05. The maximum absolute atomic E-state index is 12.2. The zero-order valence-electron chi connectivity index (χ0n) is 10.5. The van der Waals surface area contributed by atoms with E-state index in [2.05, 4.69) is 0 Å². The van der Waals surface area contributed by atoms with E-state index in [0.29, 0.717) is 0 Å². The number of fused-ring (bicyclic) bond motifs is 1. The van der Waals surface area contributed by atoms with Gasteiger partial charge in [0.25, 0.3) is 0 Å². The Morgan fingerprint density at radius 1 is 0.895 bits per heavy atom. The number of aromatic hydroxyl groups is 2. The van der Waals surface area contributed by atoms with Gasteiger partial charge < -0.3 is 10.2 Å². The van der Waals surface area contributed by atoms with Crippen molar-refractivity contribution < 1.29 is 24.6 Å². The number of alkyl halides is 1. The van der Waals surface area contributed by atoms with E-state index in [1.165, 1.54) is 13.8 Å². The molecule has 5 nitrogen and oxygen atoms in total. The first kappa shape index (κ1) is 13.5. The standard InChI is InChI=1S/C13H11ClO5/c1-4-5(2)9(16)7-6(8(4)15)10(17)12(19)13(3,14)11(7)18/h15-16H,1-3H3. The molecule has 19 heavy (non-hydrogen) atoms. The Hall–Kier alpha value is -1.88. The minimum Gasteiger partial charge on any atom is -0.507 e. The van der Waals surface area contributed by atoms with Crippen LogP contribution in [0.3, 0.4) is 0 Å². The average molecular weight is 283 g/mol. The number of Topliss-reactive ketones (excluding diaryl/α,β-unsaturated/α-hetero) is 3. The Labute approximate surface area is 113 Å². The first-order valence-electron chi connectivity index (χ1n) is 5.50. The van der Waals surface area contributed by atoms with Gasteiger partial charge in [0.1, 0.15) is 11.5 Å². The fourth-order valence-electron chi connectivity index (χ4n) is 2.07. The highest BCUT2D eigenvalue weighted by atomic mass is 35.5. The van der Waals surface area contributed by atoms with Crippen molar-refractivity contribution in [2.75, 3.05) is 0 Å². The van der Waals surface area contributed by atoms with Crippen molar-refractivity contribution in [2.45, 2.75) is 25.6 Å². The predicted octanol–water partition coefficient (Wildman–Crippen LogP) is 1.66. The van der Waals surface area contributed by atoms with Crippen molar-refractivity contribution >= 4 is 29.0 Å². The van der Waals surface area contributed by atoms with Crippen molar-refractivity contribution in [1.82, 2.24) is 0 Å². The second-order valence-corrected chi connectivity index (χ2v) is 5.44. The molecule has 2 rings (SSSR count). The fraction of sp³-hybridized carbons (Fsp3) is 0.308. The van der Waals surface area contributed by atoms with Gasteiger partial charge in [0, 0.05) is 0 Å². The van der Waals surface area contributed by atoms with Crippen LogP contribution in [-0.2, 0) is 4.79 Å². The van der Waals surface area contributed by atoms with Gasteiger partial charge in [-0.25, -0.2) is 0 Å². The summed E-state index contributed by atoms with van der Waals surface area (Å²) in [5.41, 5.74) is -0.348. The maximum atomic E-state index is 12.2. The van der Waals surface area contributed by atoms with Gasteiger partial charge in [0.15, 0.2) is 10.7 Å². The lowest BCUT2D eigenvalue weighted by molar-refractivity contribution is -0.116. The van der Waals surface area contributed by atoms with Gasteiger partial charge in [-0.15, -0.1) is 11.6 Å². The fourth-order valence-corrected chi connectivity index (χ4v) is 2.25. The molecule has 6 heteroatoms. The third kappa shape index (κ3) is 1.51. The Kier molecular flexibility index (Phi) is 2.71. The smallest absolute Gasteiger partial charge is 0.235 e. The summed E-state index contributed by atoms with van der Waals surface area (Å²) in [6, 6.07) is 0. The molecule has 1 atom stereocenters. The largest absolute Gasteiger partial charge is 0.507 e. The van der Waals surface area contributed by atoms with Gasteiger partial charge >= 0.3 is 0 Å². The summed E-state index contributed by atoms with van der Waals surface area (Å²) in [5.74, 6) is -3.95. The van der Waals surface area contributed by atoms with Crippen LogP contribution in [0.25, 0.3) is 0 Å². The van der Waals surface area contributed by atoms with Crippen molar-refractivity contribution in [3.8, 4) is 11.5 Å². The highest BCUT2D eigenvalue weighted by molar-refractivity contribution is 6.66. The number of ketones is 3. The summed E-state index contributed by atoms with van der Waals surface area (Å²) in [5, 5.41) is 19.9. The van der Waals surface area contributed by atoms with Crippen molar-refractivity contribution in [3.05, 3.63) is 22.3 Å². The van der Waals surface area contributed by atoms with E-state index >= 15 is 0 Å². The summed E-state index contributed by atoms with van der Waals surface area (Å²) in [4.78, 5) is 33.9. The molecule has 0 heterocycles. The van der Waals surface area contributed by atoms with E-state index in [0.717, 1.165) is 6.92 Å². The number of carbonyl (C=O) groups is 3. The lowest BCUT2D eigenvalue weighted by Crippen LogP contribution is -2.47. The molecule has 0 aromatic heterocycles. The van der Waals surface area contributed by atoms with Gasteiger partial charge in [-0.05, 0) is 31.9 Å². The summed E-state index contributed by atoms with van der Waals surface area (Å²) >= 11 is 5.80. The van der Waals surface area contributed by atoms with Crippen LogP contribution in [-0.4, -0.2) is 32.4 Å². The first-order valence-corrected chi connectivity index (χ1v) is 5.88. The van der Waals surface area contributed by atoms with E-state index in [-0.39, 0.29) is 16.7 Å². The molecule has 0 bridgehead atoms. The third-order valence-corrected chi connectivity index (χ3v) is 3.85. The summed E-state index contributed by atoms with van der Waals surface area (Å²) in [6.45, 7) is 4.07. The number of rotatable bonds is 0. The highest BCUT2D eigenvalue weighted by Gasteiger charge is 2.51. The predicted molar refractivity (Wildman–Crippen MR) is 67.2 cm³/mol. The summed E-state index contributed by atoms with van der Waals surface area (Å²) in [7, 11) is 0. The van der Waals surface area contributed by atoms with E-state index in [4.69, 9.17) is 11.6 Å². The highest BCUT2D eigenvalue weighted by Crippen LogP contribution is 2.43. The second-order valence-electron chi connectivity index (χ2n) is 4.69. The van der Waals surface area contributed by atoms with Crippen LogP contribution in [0, 0.1) is 13.8 Å². The van der Waals surface area contributed by atoms with Crippen molar-refractivity contribution in [3.63, 3.8) is 0 Å². The SMILES string of the molecule is Cc1c(C)c(O)c2c(c1O)C(=O)C(=O)C(C)(Cl)C2=O. The molecule has 0 saturated heterocycles. The van der Waals surface area contributed by atoms with Crippen LogP contribution >= 0.6 is 11.6 Å². The molecule has 0 saturated carbocycles. The van der Waals surface area contributed by atoms with Crippen LogP contribution in [0.15, 0.2) is 0 Å². The van der Waals surface area contributed by atoms with Crippen molar-refractivity contribution in [1.29, 1.82) is 0 Å². The molecule has 1 aromatic rings. The maximum Gasteiger partial charge on any atom is 0.235 e. The van der Waals surface area contributed by atoms with E-state index in [1.807, 2.05) is 0 Å². The topological polar surface area (TPSA) is 91.7 Å². The molecule has 1 aliphatic carbocycles. The first-order chi connectivity index (χ1) is 8.62. The number of phenolic OH excluding ortho intramolecular Hbond substituents is 2. The number of benzene rings is 1. The molecule has 2 N–H and O–H groups in total. The van der Waals surface area contributed by atoms with Crippen molar-refractivity contribution in [2.24, 2.45) is 0 Å². The number of halogens is 1.